The van der Waals surface area contributed by atoms with Crippen molar-refractivity contribution in [1.29, 1.82) is 0 Å². The van der Waals surface area contributed by atoms with Crippen LogP contribution in [0.2, 0.25) is 5.02 Å². The first-order chi connectivity index (χ1) is 10.4. The fourth-order valence-corrected chi connectivity index (χ4v) is 3.16. The molecule has 0 radical (unpaired) electrons. The van der Waals surface area contributed by atoms with Crippen LogP contribution in [0.3, 0.4) is 0 Å². The minimum Gasteiger partial charge on any atom is -0.268 e. The normalized spacial score (nSPS) is 11.5. The van der Waals surface area contributed by atoms with Gasteiger partial charge < -0.3 is 0 Å². The highest BCUT2D eigenvalue weighted by Crippen LogP contribution is 2.21. The summed E-state index contributed by atoms with van der Waals surface area (Å²) in [6, 6.07) is 13.5. The second-order valence-electron chi connectivity index (χ2n) is 4.31. The Morgan fingerprint density at radius 3 is 2.45 bits per heavy atom. The molecule has 22 heavy (non-hydrogen) atoms. The molecule has 0 aliphatic carbocycles. The number of hydrogen-bond acceptors (Lipinski definition) is 3. The Morgan fingerprint density at radius 1 is 1.14 bits per heavy atom. The van der Waals surface area contributed by atoms with Crippen molar-refractivity contribution in [3.63, 3.8) is 0 Å². The summed E-state index contributed by atoms with van der Waals surface area (Å²) in [6.45, 7) is 0. The molecule has 0 spiro atoms. The molecule has 0 heterocycles. The predicted octanol–water partition coefficient (Wildman–Crippen LogP) is 3.83. The molecule has 0 fully saturated rings. The third-order valence-electron chi connectivity index (χ3n) is 2.65. The standard InChI is InChI=1S/C15H11BrClNO3S/c16-12-6-7-13(14(17)10-12)15(19)18-22(20,21)9-8-11-4-2-1-3-5-11/h1-10H,(H,18,19)/b9-8+. The highest BCUT2D eigenvalue weighted by atomic mass is 79.9. The zero-order valence-corrected chi connectivity index (χ0v) is 14.3. The van der Waals surface area contributed by atoms with Gasteiger partial charge >= 0.3 is 0 Å². The maximum absolute atomic E-state index is 12.0. The predicted molar refractivity (Wildman–Crippen MR) is 91.0 cm³/mol. The molecular weight excluding hydrogens is 390 g/mol. The van der Waals surface area contributed by atoms with Crippen LogP contribution in [-0.2, 0) is 10.0 Å². The molecule has 0 saturated carbocycles. The van der Waals surface area contributed by atoms with Crippen LogP contribution >= 0.6 is 27.5 Å². The van der Waals surface area contributed by atoms with Gasteiger partial charge in [0, 0.05) is 4.47 Å². The van der Waals surface area contributed by atoms with Gasteiger partial charge in [0.1, 0.15) is 0 Å². The number of carbonyl (C=O) groups is 1. The molecule has 0 aliphatic heterocycles. The first-order valence-corrected chi connectivity index (χ1v) is 8.84. The third kappa shape index (κ3) is 4.69. The highest BCUT2D eigenvalue weighted by molar-refractivity contribution is 9.10. The third-order valence-corrected chi connectivity index (χ3v) is 4.42. The van der Waals surface area contributed by atoms with E-state index in [1.165, 1.54) is 18.2 Å². The molecule has 2 aromatic carbocycles. The number of nitrogens with one attached hydrogen (secondary N) is 1. The van der Waals surface area contributed by atoms with Crippen molar-refractivity contribution in [2.24, 2.45) is 0 Å². The minimum absolute atomic E-state index is 0.0848. The summed E-state index contributed by atoms with van der Waals surface area (Å²) >= 11 is 9.13. The van der Waals surface area contributed by atoms with Gasteiger partial charge in [-0.05, 0) is 29.8 Å². The quantitative estimate of drug-likeness (QED) is 0.848. The van der Waals surface area contributed by atoms with Gasteiger partial charge in [-0.3, -0.25) is 4.79 Å². The van der Waals surface area contributed by atoms with Crippen molar-refractivity contribution in [3.05, 3.63) is 74.6 Å². The van der Waals surface area contributed by atoms with Crippen molar-refractivity contribution in [2.75, 3.05) is 0 Å². The summed E-state index contributed by atoms with van der Waals surface area (Å²) in [4.78, 5) is 12.0. The Labute approximate surface area is 142 Å². The van der Waals surface area contributed by atoms with Crippen LogP contribution in [0.4, 0.5) is 0 Å². The van der Waals surface area contributed by atoms with E-state index in [9.17, 15) is 13.2 Å². The Morgan fingerprint density at radius 2 is 1.82 bits per heavy atom. The van der Waals surface area contributed by atoms with Crippen molar-refractivity contribution in [1.82, 2.24) is 4.72 Å². The summed E-state index contributed by atoms with van der Waals surface area (Å²) in [5.74, 6) is -0.782. The maximum atomic E-state index is 12.0. The van der Waals surface area contributed by atoms with Crippen molar-refractivity contribution < 1.29 is 13.2 Å². The Bertz CT molecular complexity index is 820. The molecule has 0 aromatic heterocycles. The Balaban J connectivity index is 2.14. The van der Waals surface area contributed by atoms with E-state index >= 15 is 0 Å². The number of sulfonamides is 1. The second kappa shape index (κ2) is 7.09. The van der Waals surface area contributed by atoms with Crippen molar-refractivity contribution in [2.45, 2.75) is 0 Å². The van der Waals surface area contributed by atoms with Gasteiger partial charge in [-0.2, -0.15) is 0 Å². The molecule has 0 atom stereocenters. The van der Waals surface area contributed by atoms with Crippen LogP contribution in [-0.4, -0.2) is 14.3 Å². The number of halogens is 2. The lowest BCUT2D eigenvalue weighted by Crippen LogP contribution is -2.29. The summed E-state index contributed by atoms with van der Waals surface area (Å²) in [7, 11) is -3.90. The molecule has 1 N–H and O–H groups in total. The maximum Gasteiger partial charge on any atom is 0.266 e. The first-order valence-electron chi connectivity index (χ1n) is 6.13. The lowest BCUT2D eigenvalue weighted by atomic mass is 10.2. The minimum atomic E-state index is -3.90. The summed E-state index contributed by atoms with van der Waals surface area (Å²) in [5, 5.41) is 1.10. The van der Waals surface area contributed by atoms with E-state index in [1.54, 1.807) is 30.3 Å². The molecule has 114 valence electrons. The Kier molecular flexibility index (Phi) is 5.39. The van der Waals surface area contributed by atoms with E-state index in [0.717, 1.165) is 5.41 Å². The first kappa shape index (κ1) is 16.7. The monoisotopic (exact) mass is 399 g/mol. The number of carbonyl (C=O) groups excluding carboxylic acids is 1. The average Bonchev–Trinajstić information content (AvgIpc) is 2.45. The van der Waals surface area contributed by atoms with Crippen LogP contribution in [0.15, 0.2) is 58.4 Å². The van der Waals surface area contributed by atoms with E-state index in [4.69, 9.17) is 11.6 Å². The topological polar surface area (TPSA) is 63.2 Å². The van der Waals surface area contributed by atoms with E-state index in [1.807, 2.05) is 10.8 Å². The molecule has 1 amide bonds. The lowest BCUT2D eigenvalue weighted by Gasteiger charge is -2.05. The van der Waals surface area contributed by atoms with Crippen molar-refractivity contribution in [3.8, 4) is 0 Å². The number of amides is 1. The average molecular weight is 401 g/mol. The van der Waals surface area contributed by atoms with Crippen LogP contribution in [0, 0.1) is 0 Å². The number of hydrogen-bond donors (Lipinski definition) is 1. The fraction of sp³-hybridized carbons (Fsp3) is 0. The SMILES string of the molecule is O=C(NS(=O)(=O)/C=C/c1ccccc1)c1ccc(Br)cc1Cl. The molecule has 0 unspecified atom stereocenters. The molecular formula is C15H11BrClNO3S. The second-order valence-corrected chi connectivity index (χ2v) is 7.20. The molecule has 0 saturated heterocycles. The smallest absolute Gasteiger partial charge is 0.266 e. The Hall–Kier alpha value is -1.63. The molecule has 4 nitrogen and oxygen atoms in total. The van der Waals surface area contributed by atoms with Gasteiger partial charge in [-0.25, -0.2) is 13.1 Å². The van der Waals surface area contributed by atoms with Crippen LogP contribution in [0.1, 0.15) is 15.9 Å². The van der Waals surface area contributed by atoms with E-state index < -0.39 is 15.9 Å². The van der Waals surface area contributed by atoms with Gasteiger partial charge in [0.15, 0.2) is 0 Å². The molecule has 2 rings (SSSR count). The zero-order chi connectivity index (χ0) is 16.2. The van der Waals surface area contributed by atoms with E-state index in [2.05, 4.69) is 15.9 Å². The fourth-order valence-electron chi connectivity index (χ4n) is 1.62. The molecule has 2 aromatic rings. The molecule has 0 bridgehead atoms. The molecule has 7 heteroatoms. The van der Waals surface area contributed by atoms with Crippen LogP contribution in [0.25, 0.3) is 6.08 Å². The van der Waals surface area contributed by atoms with Gasteiger partial charge in [-0.1, -0.05) is 57.9 Å². The van der Waals surface area contributed by atoms with Gasteiger partial charge in [-0.15, -0.1) is 0 Å². The lowest BCUT2D eigenvalue weighted by molar-refractivity contribution is 0.0982. The highest BCUT2D eigenvalue weighted by Gasteiger charge is 2.16. The van der Waals surface area contributed by atoms with Gasteiger partial charge in [0.2, 0.25) is 0 Å². The van der Waals surface area contributed by atoms with Crippen LogP contribution < -0.4 is 4.72 Å². The van der Waals surface area contributed by atoms with Gasteiger partial charge in [0.05, 0.1) is 16.0 Å². The van der Waals surface area contributed by atoms with Crippen molar-refractivity contribution >= 4 is 49.5 Å². The van der Waals surface area contributed by atoms with Crippen LogP contribution in [0.5, 0.6) is 0 Å². The number of rotatable bonds is 4. The number of benzene rings is 2. The summed E-state index contributed by atoms with van der Waals surface area (Å²) in [6.07, 6.45) is 1.40. The summed E-state index contributed by atoms with van der Waals surface area (Å²) in [5.41, 5.74) is 0.795. The van der Waals surface area contributed by atoms with E-state index in [-0.39, 0.29) is 10.6 Å². The largest absolute Gasteiger partial charge is 0.268 e. The summed E-state index contributed by atoms with van der Waals surface area (Å²) < 4.78 is 26.4. The zero-order valence-electron chi connectivity index (χ0n) is 11.2. The molecule has 0 aliphatic rings. The van der Waals surface area contributed by atoms with E-state index in [0.29, 0.717) is 10.0 Å². The van der Waals surface area contributed by atoms with Gasteiger partial charge in [0.25, 0.3) is 15.9 Å².